The summed E-state index contributed by atoms with van der Waals surface area (Å²) in [4.78, 5) is 45.5. The predicted molar refractivity (Wildman–Crippen MR) is 148 cm³/mol. The average molecular weight is 516 g/mol. The number of rotatable bonds is 3. The molecule has 0 N–H and O–H groups in total. The minimum Gasteiger partial charge on any atom is -0.352 e. The molecule has 2 heterocycles. The van der Waals surface area contributed by atoms with Crippen LogP contribution in [0.4, 0.5) is 5.69 Å². The monoisotopic (exact) mass is 515 g/mol. The molecule has 0 bridgehead atoms. The van der Waals surface area contributed by atoms with Gasteiger partial charge in [0.05, 0.1) is 6.04 Å². The number of fused-ring (bicyclic) bond motifs is 5. The highest BCUT2D eigenvalue weighted by Crippen LogP contribution is 2.61. The van der Waals surface area contributed by atoms with E-state index in [-0.39, 0.29) is 17.3 Å². The molecule has 4 aromatic rings. The van der Waals surface area contributed by atoms with Crippen molar-refractivity contribution in [2.45, 2.75) is 18.0 Å². The molecule has 1 spiro atoms. The van der Waals surface area contributed by atoms with Gasteiger partial charge in [0.1, 0.15) is 11.5 Å². The van der Waals surface area contributed by atoms with Gasteiger partial charge in [0, 0.05) is 33.3 Å². The van der Waals surface area contributed by atoms with Crippen molar-refractivity contribution < 1.29 is 14.4 Å². The summed E-state index contributed by atoms with van der Waals surface area (Å²) in [7, 11) is 0. The Labute approximate surface area is 225 Å². The summed E-state index contributed by atoms with van der Waals surface area (Å²) >= 11 is 6.34. The SMILES string of the molecule is O=C(c1ccccc1)[C@@H]1[C@H](c2ccccc2)C2(C(=O)c3ccccc3C2=O)[C@@H]2C=Cc3cc(Cl)ccc3N12. The lowest BCUT2D eigenvalue weighted by molar-refractivity contribution is 0.0666. The van der Waals surface area contributed by atoms with Crippen LogP contribution >= 0.6 is 11.6 Å². The Hall–Kier alpha value is -4.28. The third-order valence-corrected chi connectivity index (χ3v) is 8.49. The van der Waals surface area contributed by atoms with Crippen LogP contribution in [0.1, 0.15) is 48.1 Å². The maximum atomic E-state index is 14.5. The van der Waals surface area contributed by atoms with E-state index in [9.17, 15) is 14.4 Å². The Morgan fingerprint density at radius 2 is 1.37 bits per heavy atom. The maximum absolute atomic E-state index is 14.5. The Balaban J connectivity index is 1.55. The van der Waals surface area contributed by atoms with E-state index in [0.717, 1.165) is 16.8 Å². The van der Waals surface area contributed by atoms with Crippen molar-refractivity contribution in [1.82, 2.24) is 0 Å². The van der Waals surface area contributed by atoms with Crippen molar-refractivity contribution in [3.8, 4) is 0 Å². The fraction of sp³-hybridized carbons (Fsp3) is 0.121. The van der Waals surface area contributed by atoms with Gasteiger partial charge in [-0.2, -0.15) is 0 Å². The quantitative estimate of drug-likeness (QED) is 0.226. The van der Waals surface area contributed by atoms with Gasteiger partial charge in [-0.3, -0.25) is 14.4 Å². The first-order valence-corrected chi connectivity index (χ1v) is 13.0. The zero-order valence-corrected chi connectivity index (χ0v) is 21.0. The molecule has 4 aromatic carbocycles. The normalized spacial score (nSPS) is 22.3. The third-order valence-electron chi connectivity index (χ3n) is 8.25. The first-order valence-electron chi connectivity index (χ1n) is 12.6. The molecule has 1 aliphatic carbocycles. The van der Waals surface area contributed by atoms with Crippen LogP contribution in [0, 0.1) is 5.41 Å². The van der Waals surface area contributed by atoms with Crippen molar-refractivity contribution in [1.29, 1.82) is 0 Å². The number of benzene rings is 4. The minimum atomic E-state index is -1.49. The summed E-state index contributed by atoms with van der Waals surface area (Å²) in [6.07, 6.45) is 3.83. The molecule has 3 atom stereocenters. The lowest BCUT2D eigenvalue weighted by Crippen LogP contribution is -2.48. The van der Waals surface area contributed by atoms with Gasteiger partial charge < -0.3 is 4.90 Å². The molecule has 1 fully saturated rings. The van der Waals surface area contributed by atoms with E-state index in [0.29, 0.717) is 21.7 Å². The number of halogens is 1. The van der Waals surface area contributed by atoms with E-state index in [1.54, 1.807) is 42.5 Å². The summed E-state index contributed by atoms with van der Waals surface area (Å²) in [5, 5.41) is 0.576. The van der Waals surface area contributed by atoms with Gasteiger partial charge in [-0.25, -0.2) is 0 Å². The van der Waals surface area contributed by atoms with Gasteiger partial charge in [0.15, 0.2) is 17.3 Å². The number of hydrogen-bond acceptors (Lipinski definition) is 4. The third kappa shape index (κ3) is 2.95. The first-order chi connectivity index (χ1) is 18.5. The van der Waals surface area contributed by atoms with Gasteiger partial charge in [-0.15, -0.1) is 0 Å². The highest BCUT2D eigenvalue weighted by atomic mass is 35.5. The van der Waals surface area contributed by atoms with E-state index in [1.807, 2.05) is 77.7 Å². The topological polar surface area (TPSA) is 54.5 Å². The second kappa shape index (κ2) is 8.37. The first kappa shape index (κ1) is 22.9. The molecule has 3 aliphatic rings. The number of nitrogens with zero attached hydrogens (tertiary/aromatic N) is 1. The van der Waals surface area contributed by atoms with E-state index < -0.39 is 23.4 Å². The van der Waals surface area contributed by atoms with Crippen LogP contribution in [0.25, 0.3) is 6.08 Å². The van der Waals surface area contributed by atoms with E-state index >= 15 is 0 Å². The summed E-state index contributed by atoms with van der Waals surface area (Å²) in [6, 6.07) is 29.8. The van der Waals surface area contributed by atoms with Crippen molar-refractivity contribution in [3.05, 3.63) is 142 Å². The summed E-state index contributed by atoms with van der Waals surface area (Å²) < 4.78 is 0. The highest BCUT2D eigenvalue weighted by Gasteiger charge is 2.71. The zero-order chi connectivity index (χ0) is 26.0. The number of hydrogen-bond donors (Lipinski definition) is 0. The molecule has 4 nitrogen and oxygen atoms in total. The summed E-state index contributed by atoms with van der Waals surface area (Å²) in [5.41, 5.74) is 2.30. The maximum Gasteiger partial charge on any atom is 0.185 e. The molecular formula is C33H22ClNO3. The van der Waals surface area contributed by atoms with Crippen LogP contribution < -0.4 is 4.90 Å². The van der Waals surface area contributed by atoms with Crippen LogP contribution in [0.5, 0.6) is 0 Å². The fourth-order valence-corrected chi connectivity index (χ4v) is 6.93. The highest BCUT2D eigenvalue weighted by molar-refractivity contribution is 6.32. The van der Waals surface area contributed by atoms with Crippen LogP contribution in [-0.4, -0.2) is 29.4 Å². The zero-order valence-electron chi connectivity index (χ0n) is 20.3. The lowest BCUT2D eigenvalue weighted by Gasteiger charge is -2.37. The predicted octanol–water partition coefficient (Wildman–Crippen LogP) is 6.66. The Kier molecular flexibility index (Phi) is 5.04. The molecule has 0 aromatic heterocycles. The second-order valence-electron chi connectivity index (χ2n) is 10.1. The van der Waals surface area contributed by atoms with Crippen LogP contribution in [0.3, 0.4) is 0 Å². The summed E-state index contributed by atoms with van der Waals surface area (Å²) in [6.45, 7) is 0. The van der Waals surface area contributed by atoms with Crippen molar-refractivity contribution in [2.24, 2.45) is 5.41 Å². The van der Waals surface area contributed by atoms with Crippen LogP contribution in [-0.2, 0) is 0 Å². The van der Waals surface area contributed by atoms with Crippen molar-refractivity contribution >= 4 is 40.7 Å². The Morgan fingerprint density at radius 1 is 0.763 bits per heavy atom. The molecular weight excluding hydrogens is 494 g/mol. The Bertz CT molecular complexity index is 1630. The van der Waals surface area contributed by atoms with Gasteiger partial charge >= 0.3 is 0 Å². The van der Waals surface area contributed by atoms with Gasteiger partial charge in [0.2, 0.25) is 0 Å². The standard InChI is InChI=1S/C33H22ClNO3/c34-23-16-17-26-22(19-23)15-18-27-33(31(37)24-13-7-8-14-25(24)32(33)38)28(20-9-3-1-4-10-20)29(35(26)27)30(36)21-11-5-2-6-12-21/h1-19,27-29H/t27-,28-,29-/m0/s1. The van der Waals surface area contributed by atoms with Gasteiger partial charge in [0.25, 0.3) is 0 Å². The van der Waals surface area contributed by atoms with Crippen LogP contribution in [0.2, 0.25) is 5.02 Å². The van der Waals surface area contributed by atoms with Crippen molar-refractivity contribution in [3.63, 3.8) is 0 Å². The molecule has 0 amide bonds. The molecule has 7 rings (SSSR count). The molecule has 1 saturated heterocycles. The second-order valence-corrected chi connectivity index (χ2v) is 10.5. The molecule has 0 saturated carbocycles. The fourth-order valence-electron chi connectivity index (χ4n) is 6.75. The number of anilines is 1. The molecule has 0 radical (unpaired) electrons. The summed E-state index contributed by atoms with van der Waals surface area (Å²) in [5.74, 6) is -1.30. The molecule has 38 heavy (non-hydrogen) atoms. The average Bonchev–Trinajstić information content (AvgIpc) is 3.39. The number of ketones is 3. The van der Waals surface area contributed by atoms with Gasteiger partial charge in [-0.05, 0) is 29.3 Å². The molecule has 184 valence electrons. The molecule has 5 heteroatoms. The minimum absolute atomic E-state index is 0.130. The van der Waals surface area contributed by atoms with E-state index in [4.69, 9.17) is 11.6 Å². The largest absolute Gasteiger partial charge is 0.352 e. The molecule has 0 unspecified atom stereocenters. The number of carbonyl (C=O) groups is 3. The van der Waals surface area contributed by atoms with E-state index in [1.165, 1.54) is 0 Å². The van der Waals surface area contributed by atoms with Gasteiger partial charge in [-0.1, -0.05) is 109 Å². The van der Waals surface area contributed by atoms with E-state index in [2.05, 4.69) is 0 Å². The lowest BCUT2D eigenvalue weighted by atomic mass is 9.64. The Morgan fingerprint density at radius 3 is 2.03 bits per heavy atom. The van der Waals surface area contributed by atoms with Crippen LogP contribution in [0.15, 0.2) is 109 Å². The van der Waals surface area contributed by atoms with Crippen molar-refractivity contribution in [2.75, 3.05) is 4.90 Å². The number of carbonyl (C=O) groups excluding carboxylic acids is 3. The molecule has 2 aliphatic heterocycles. The smallest absolute Gasteiger partial charge is 0.185 e. The number of Topliss-reactive ketones (excluding diaryl/α,β-unsaturated/α-hetero) is 3.